The molecule has 1 saturated carbocycles. The quantitative estimate of drug-likeness (QED) is 0.765. The number of piperidine rings is 1. The van der Waals surface area contributed by atoms with Crippen LogP contribution >= 0.6 is 0 Å². The number of hydrogen-bond acceptors (Lipinski definition) is 2. The summed E-state index contributed by atoms with van der Waals surface area (Å²) in [6.07, 6.45) is 6.94. The predicted octanol–water partition coefficient (Wildman–Crippen LogP) is 2.89. The number of likely N-dealkylation sites (tertiary alicyclic amines) is 1. The van der Waals surface area contributed by atoms with Crippen LogP contribution in [0.15, 0.2) is 0 Å². The molecule has 1 aliphatic carbocycles. The van der Waals surface area contributed by atoms with Gasteiger partial charge in [-0.3, -0.25) is 4.90 Å². The minimum Gasteiger partial charge on any atom is -0.312 e. The lowest BCUT2D eigenvalue weighted by atomic mass is 9.86. The van der Waals surface area contributed by atoms with E-state index in [9.17, 15) is 0 Å². The molecule has 0 amide bonds. The first-order valence-electron chi connectivity index (χ1n) is 7.68. The first-order valence-corrected chi connectivity index (χ1v) is 7.68. The fraction of sp³-hybridized carbons (Fsp3) is 1.00. The van der Waals surface area contributed by atoms with Gasteiger partial charge in [-0.05, 0) is 57.0 Å². The highest BCUT2D eigenvalue weighted by Gasteiger charge is 2.27. The first-order chi connectivity index (χ1) is 8.20. The Bertz CT molecular complexity index is 215. The summed E-state index contributed by atoms with van der Waals surface area (Å²) < 4.78 is 0. The zero-order chi connectivity index (χ0) is 12.3. The van der Waals surface area contributed by atoms with E-state index in [1.165, 1.54) is 51.7 Å². The first kappa shape index (κ1) is 13.4. The average Bonchev–Trinajstić information content (AvgIpc) is 3.14. The molecule has 1 heterocycles. The van der Waals surface area contributed by atoms with E-state index >= 15 is 0 Å². The minimum atomic E-state index is 0.781. The Morgan fingerprint density at radius 1 is 1.12 bits per heavy atom. The molecule has 0 aromatic carbocycles. The van der Waals surface area contributed by atoms with Crippen LogP contribution < -0.4 is 5.32 Å². The fourth-order valence-electron chi connectivity index (χ4n) is 3.07. The molecule has 0 aromatic rings. The third-order valence-electron chi connectivity index (χ3n) is 4.72. The lowest BCUT2D eigenvalue weighted by molar-refractivity contribution is 0.110. The van der Waals surface area contributed by atoms with Crippen LogP contribution in [0.4, 0.5) is 0 Å². The lowest BCUT2D eigenvalue weighted by Gasteiger charge is -2.38. The van der Waals surface area contributed by atoms with E-state index in [-0.39, 0.29) is 0 Å². The molecule has 2 heteroatoms. The Labute approximate surface area is 107 Å². The summed E-state index contributed by atoms with van der Waals surface area (Å²) in [6, 6.07) is 1.64. The van der Waals surface area contributed by atoms with Gasteiger partial charge in [0.25, 0.3) is 0 Å². The van der Waals surface area contributed by atoms with Crippen LogP contribution in [0.3, 0.4) is 0 Å². The summed E-state index contributed by atoms with van der Waals surface area (Å²) in [7, 11) is 0. The van der Waals surface area contributed by atoms with Crippen LogP contribution in [0.1, 0.15) is 52.9 Å². The van der Waals surface area contributed by atoms with Gasteiger partial charge in [-0.1, -0.05) is 20.8 Å². The van der Waals surface area contributed by atoms with Crippen LogP contribution in [0.5, 0.6) is 0 Å². The van der Waals surface area contributed by atoms with Gasteiger partial charge in [0.1, 0.15) is 0 Å². The van der Waals surface area contributed by atoms with E-state index in [1.54, 1.807) is 0 Å². The van der Waals surface area contributed by atoms with Crippen LogP contribution in [0.2, 0.25) is 0 Å². The summed E-state index contributed by atoms with van der Waals surface area (Å²) in [5.41, 5.74) is 0. The summed E-state index contributed by atoms with van der Waals surface area (Å²) in [5, 5.41) is 3.70. The summed E-state index contributed by atoms with van der Waals surface area (Å²) in [4.78, 5) is 2.73. The molecule has 1 N–H and O–H groups in total. The molecule has 0 aromatic heterocycles. The van der Waals surface area contributed by atoms with Gasteiger partial charge in [-0.25, -0.2) is 0 Å². The molecule has 0 bridgehead atoms. The van der Waals surface area contributed by atoms with Crippen molar-refractivity contribution in [3.63, 3.8) is 0 Å². The number of nitrogens with one attached hydrogen (secondary N) is 1. The predicted molar refractivity (Wildman–Crippen MR) is 74.2 cm³/mol. The van der Waals surface area contributed by atoms with Crippen molar-refractivity contribution >= 4 is 0 Å². The highest BCUT2D eigenvalue weighted by Crippen LogP contribution is 2.26. The normalized spacial score (nSPS) is 25.4. The maximum Gasteiger partial charge on any atom is 0.0218 e. The van der Waals surface area contributed by atoms with Crippen molar-refractivity contribution in [3.05, 3.63) is 0 Å². The van der Waals surface area contributed by atoms with Crippen molar-refractivity contribution in [2.75, 3.05) is 19.6 Å². The van der Waals surface area contributed by atoms with Gasteiger partial charge in [0.2, 0.25) is 0 Å². The second-order valence-corrected chi connectivity index (χ2v) is 6.36. The molecule has 100 valence electrons. The van der Waals surface area contributed by atoms with Crippen molar-refractivity contribution in [3.8, 4) is 0 Å². The number of nitrogens with zero attached hydrogens (tertiary/aromatic N) is 1. The Morgan fingerprint density at radius 3 is 2.24 bits per heavy atom. The fourth-order valence-corrected chi connectivity index (χ4v) is 3.07. The van der Waals surface area contributed by atoms with Gasteiger partial charge in [-0.15, -0.1) is 0 Å². The SMILES string of the molecule is CCC(CNC1CC1)N1CCC(C(C)C)CC1. The van der Waals surface area contributed by atoms with Crippen LogP contribution in [0.25, 0.3) is 0 Å². The molecule has 2 nitrogen and oxygen atoms in total. The summed E-state index contributed by atoms with van der Waals surface area (Å²) in [6.45, 7) is 11.0. The smallest absolute Gasteiger partial charge is 0.0218 e. The maximum atomic E-state index is 3.70. The van der Waals surface area contributed by atoms with Crippen LogP contribution in [-0.2, 0) is 0 Å². The molecule has 2 aliphatic rings. The number of rotatable bonds is 6. The maximum absolute atomic E-state index is 3.70. The van der Waals surface area contributed by atoms with Gasteiger partial charge in [0, 0.05) is 18.6 Å². The van der Waals surface area contributed by atoms with E-state index in [0.29, 0.717) is 0 Å². The van der Waals surface area contributed by atoms with Crippen LogP contribution in [0, 0.1) is 11.8 Å². The Morgan fingerprint density at radius 2 is 1.76 bits per heavy atom. The Balaban J connectivity index is 1.72. The van der Waals surface area contributed by atoms with Crippen molar-refractivity contribution < 1.29 is 0 Å². The Kier molecular flexibility index (Phi) is 4.87. The minimum absolute atomic E-state index is 0.781. The molecular weight excluding hydrogens is 208 g/mol. The molecule has 1 saturated heterocycles. The van der Waals surface area contributed by atoms with Crippen LogP contribution in [-0.4, -0.2) is 36.6 Å². The molecule has 17 heavy (non-hydrogen) atoms. The average molecular weight is 238 g/mol. The molecule has 1 unspecified atom stereocenters. The second kappa shape index (κ2) is 6.19. The topological polar surface area (TPSA) is 15.3 Å². The monoisotopic (exact) mass is 238 g/mol. The molecule has 2 rings (SSSR count). The van der Waals surface area contributed by atoms with Crippen molar-refractivity contribution in [1.82, 2.24) is 10.2 Å². The van der Waals surface area contributed by atoms with Crippen molar-refractivity contribution in [1.29, 1.82) is 0 Å². The van der Waals surface area contributed by atoms with Crippen molar-refractivity contribution in [2.45, 2.75) is 65.0 Å². The van der Waals surface area contributed by atoms with E-state index in [1.807, 2.05) is 0 Å². The van der Waals surface area contributed by atoms with E-state index in [4.69, 9.17) is 0 Å². The van der Waals surface area contributed by atoms with E-state index in [0.717, 1.165) is 23.9 Å². The molecule has 0 spiro atoms. The Hall–Kier alpha value is -0.0800. The molecule has 1 aliphatic heterocycles. The lowest BCUT2D eigenvalue weighted by Crippen LogP contribution is -2.46. The van der Waals surface area contributed by atoms with E-state index < -0.39 is 0 Å². The molecule has 0 radical (unpaired) electrons. The number of hydrogen-bond donors (Lipinski definition) is 1. The van der Waals surface area contributed by atoms with Gasteiger partial charge in [0.05, 0.1) is 0 Å². The zero-order valence-corrected chi connectivity index (χ0v) is 11.9. The van der Waals surface area contributed by atoms with E-state index in [2.05, 4.69) is 31.0 Å². The van der Waals surface area contributed by atoms with Gasteiger partial charge >= 0.3 is 0 Å². The standard InChI is InChI=1S/C15H30N2/c1-4-15(11-16-14-5-6-14)17-9-7-13(8-10-17)12(2)3/h12-16H,4-11H2,1-3H3. The highest BCUT2D eigenvalue weighted by atomic mass is 15.2. The van der Waals surface area contributed by atoms with Gasteiger partial charge in [0.15, 0.2) is 0 Å². The summed E-state index contributed by atoms with van der Waals surface area (Å²) in [5.74, 6) is 1.85. The van der Waals surface area contributed by atoms with Crippen molar-refractivity contribution in [2.24, 2.45) is 11.8 Å². The largest absolute Gasteiger partial charge is 0.312 e. The zero-order valence-electron chi connectivity index (χ0n) is 11.9. The summed E-state index contributed by atoms with van der Waals surface area (Å²) >= 11 is 0. The molecular formula is C15H30N2. The molecule has 2 fully saturated rings. The second-order valence-electron chi connectivity index (χ2n) is 6.36. The highest BCUT2D eigenvalue weighted by molar-refractivity contribution is 4.85. The molecule has 1 atom stereocenters. The van der Waals surface area contributed by atoms with Gasteiger partial charge in [-0.2, -0.15) is 0 Å². The third kappa shape index (κ3) is 3.96. The van der Waals surface area contributed by atoms with Gasteiger partial charge < -0.3 is 5.32 Å². The third-order valence-corrected chi connectivity index (χ3v) is 4.72.